The molecule has 0 atom stereocenters. The van der Waals surface area contributed by atoms with Gasteiger partial charge in [-0.15, -0.1) is 35.4 Å². The predicted molar refractivity (Wildman–Crippen MR) is 183 cm³/mol. The fraction of sp³-hybridized carbons (Fsp3) is 0.0714. The normalized spacial score (nSPS) is 13.1. The first-order chi connectivity index (χ1) is 21.6. The fourth-order valence-corrected chi connectivity index (χ4v) is 7.22. The quantitative estimate of drug-likeness (QED) is 0.164. The Morgan fingerprint density at radius 2 is 1.33 bits per heavy atom. The molecule has 0 N–H and O–H groups in total. The molecule has 9 rings (SSSR count). The van der Waals surface area contributed by atoms with Crippen LogP contribution in [-0.4, -0.2) is 9.55 Å². The Hall–Kier alpha value is -4.82. The van der Waals surface area contributed by atoms with Crippen LogP contribution in [-0.2, 0) is 25.5 Å². The van der Waals surface area contributed by atoms with Crippen molar-refractivity contribution in [1.82, 2.24) is 9.55 Å². The van der Waals surface area contributed by atoms with Crippen LogP contribution in [0.1, 0.15) is 25.0 Å². The van der Waals surface area contributed by atoms with Crippen LogP contribution in [0.5, 0.6) is 0 Å². The van der Waals surface area contributed by atoms with Gasteiger partial charge < -0.3 is 9.55 Å². The van der Waals surface area contributed by atoms with Gasteiger partial charge in [-0.25, -0.2) is 0 Å². The van der Waals surface area contributed by atoms with E-state index < -0.39 is 0 Å². The zero-order chi connectivity index (χ0) is 29.4. The number of para-hydroxylation sites is 1. The summed E-state index contributed by atoms with van der Waals surface area (Å²) in [5, 5.41) is 4.89. The average molecular weight is 754 g/mol. The van der Waals surface area contributed by atoms with Gasteiger partial charge >= 0.3 is 0 Å². The first-order valence-corrected chi connectivity index (χ1v) is 15.2. The van der Waals surface area contributed by atoms with Crippen LogP contribution in [0.15, 0.2) is 140 Å². The van der Waals surface area contributed by atoms with Gasteiger partial charge in [0.15, 0.2) is 0 Å². The van der Waals surface area contributed by atoms with E-state index in [4.69, 9.17) is 4.98 Å². The molecule has 0 saturated heterocycles. The second-order valence-electron chi connectivity index (χ2n) is 12.4. The number of pyridine rings is 1. The van der Waals surface area contributed by atoms with E-state index in [1.165, 1.54) is 60.7 Å². The zero-order valence-corrected chi connectivity index (χ0v) is 27.4. The third-order valence-electron chi connectivity index (χ3n) is 9.50. The maximum atomic E-state index is 4.77. The molecule has 0 aliphatic carbocycles. The Bertz CT molecular complexity index is 2420. The topological polar surface area (TPSA) is 17.8 Å². The van der Waals surface area contributed by atoms with E-state index in [1.807, 2.05) is 12.3 Å². The summed E-state index contributed by atoms with van der Waals surface area (Å²) < 4.78 is 2.49. The van der Waals surface area contributed by atoms with E-state index in [9.17, 15) is 0 Å². The third kappa shape index (κ3) is 4.23. The SMILES string of the molecule is CC1(C)c2ccccc2-n2c3ccc(-c4cc[c-]c(-c5cc6ccccc6cn5)c4)cc3c3cc(-c4ccccc4)cc1c32.[Ir]. The van der Waals surface area contributed by atoms with Crippen molar-refractivity contribution in [2.24, 2.45) is 0 Å². The molecule has 45 heavy (non-hydrogen) atoms. The molecule has 0 bridgehead atoms. The molecule has 1 radical (unpaired) electrons. The molecule has 217 valence electrons. The second kappa shape index (κ2) is 10.4. The number of fused-ring (bicyclic) bond motifs is 6. The summed E-state index contributed by atoms with van der Waals surface area (Å²) in [6, 6.07) is 51.8. The summed E-state index contributed by atoms with van der Waals surface area (Å²) >= 11 is 0. The molecule has 6 aromatic carbocycles. The van der Waals surface area contributed by atoms with Crippen LogP contribution in [0.3, 0.4) is 0 Å². The molecule has 0 amide bonds. The van der Waals surface area contributed by atoms with Crippen LogP contribution >= 0.6 is 0 Å². The molecule has 3 heteroatoms. The van der Waals surface area contributed by atoms with Crippen molar-refractivity contribution in [1.29, 1.82) is 0 Å². The Labute approximate surface area is 276 Å². The minimum absolute atomic E-state index is 0. The molecule has 8 aromatic rings. The van der Waals surface area contributed by atoms with E-state index in [2.05, 4.69) is 152 Å². The summed E-state index contributed by atoms with van der Waals surface area (Å²) in [6.07, 6.45) is 1.95. The van der Waals surface area contributed by atoms with E-state index >= 15 is 0 Å². The van der Waals surface area contributed by atoms with Crippen molar-refractivity contribution in [2.45, 2.75) is 19.3 Å². The van der Waals surface area contributed by atoms with Crippen LogP contribution in [0.2, 0.25) is 0 Å². The molecule has 1 aliphatic heterocycles. The van der Waals surface area contributed by atoms with Gasteiger partial charge in [0.05, 0.1) is 16.7 Å². The standard InChI is InChI=1S/C42H29N2.Ir/c1-42(2)36-17-8-9-18-40(36)44-39-20-19-30(22-34(39)35-23-33(24-37(42)41(35)44)27-11-4-3-5-12-27)28-15-10-16-31(21-28)38-25-29-13-6-7-14-32(29)26-43-38;/h3-15,17-26H,1-2H3;/q-1;. The zero-order valence-electron chi connectivity index (χ0n) is 25.0. The predicted octanol–water partition coefficient (Wildman–Crippen LogP) is 10.8. The van der Waals surface area contributed by atoms with Gasteiger partial charge in [0.1, 0.15) is 0 Å². The third-order valence-corrected chi connectivity index (χ3v) is 9.50. The minimum Gasteiger partial charge on any atom is -0.309 e. The van der Waals surface area contributed by atoms with E-state index in [1.54, 1.807) is 0 Å². The van der Waals surface area contributed by atoms with Gasteiger partial charge in [0, 0.05) is 42.5 Å². The van der Waals surface area contributed by atoms with E-state index in [-0.39, 0.29) is 25.5 Å². The monoisotopic (exact) mass is 754 g/mol. The molecule has 0 unspecified atom stereocenters. The van der Waals surface area contributed by atoms with Crippen molar-refractivity contribution in [3.63, 3.8) is 0 Å². The average Bonchev–Trinajstić information content (AvgIpc) is 3.41. The minimum atomic E-state index is -0.135. The second-order valence-corrected chi connectivity index (χ2v) is 12.4. The molecule has 0 saturated carbocycles. The number of nitrogens with zero attached hydrogens (tertiary/aromatic N) is 2. The van der Waals surface area contributed by atoms with Crippen LogP contribution < -0.4 is 0 Å². The van der Waals surface area contributed by atoms with Crippen molar-refractivity contribution < 1.29 is 20.1 Å². The molecule has 1 aliphatic rings. The van der Waals surface area contributed by atoms with Gasteiger partial charge in [0.2, 0.25) is 0 Å². The molecule has 2 aromatic heterocycles. The molecule has 0 fully saturated rings. The van der Waals surface area contributed by atoms with Gasteiger partial charge in [-0.3, -0.25) is 0 Å². The number of benzene rings is 6. The Kier molecular flexibility index (Phi) is 6.39. The molecular weight excluding hydrogens is 725 g/mol. The smallest absolute Gasteiger partial charge is 0.0582 e. The van der Waals surface area contributed by atoms with Crippen molar-refractivity contribution in [2.75, 3.05) is 0 Å². The van der Waals surface area contributed by atoms with Gasteiger partial charge in [0.25, 0.3) is 0 Å². The number of aromatic nitrogens is 2. The van der Waals surface area contributed by atoms with Gasteiger partial charge in [-0.1, -0.05) is 98.8 Å². The Morgan fingerprint density at radius 3 is 2.20 bits per heavy atom. The largest absolute Gasteiger partial charge is 0.309 e. The molecule has 2 nitrogen and oxygen atoms in total. The van der Waals surface area contributed by atoms with Gasteiger partial charge in [-0.05, 0) is 74.6 Å². The van der Waals surface area contributed by atoms with Crippen LogP contribution in [0.25, 0.3) is 71.8 Å². The summed E-state index contributed by atoms with van der Waals surface area (Å²) in [5.74, 6) is 0. The first kappa shape index (κ1) is 27.7. The van der Waals surface area contributed by atoms with Crippen molar-refractivity contribution in [3.8, 4) is 39.2 Å². The van der Waals surface area contributed by atoms with E-state index in [0.29, 0.717) is 0 Å². The van der Waals surface area contributed by atoms with Crippen molar-refractivity contribution >= 4 is 32.6 Å². The van der Waals surface area contributed by atoms with Crippen molar-refractivity contribution in [3.05, 3.63) is 157 Å². The molecule has 3 heterocycles. The summed E-state index contributed by atoms with van der Waals surface area (Å²) in [6.45, 7) is 4.73. The summed E-state index contributed by atoms with van der Waals surface area (Å²) in [4.78, 5) is 4.77. The van der Waals surface area contributed by atoms with Crippen LogP contribution in [0.4, 0.5) is 0 Å². The maximum Gasteiger partial charge on any atom is 0.0582 e. The first-order valence-electron chi connectivity index (χ1n) is 15.2. The molecular formula is C42H29IrN2-. The Balaban J connectivity index is 0.00000300. The fourth-order valence-electron chi connectivity index (χ4n) is 7.22. The Morgan fingerprint density at radius 1 is 0.600 bits per heavy atom. The van der Waals surface area contributed by atoms with Crippen LogP contribution in [0, 0.1) is 6.07 Å². The summed E-state index contributed by atoms with van der Waals surface area (Å²) in [7, 11) is 0. The summed E-state index contributed by atoms with van der Waals surface area (Å²) in [5.41, 5.74) is 13.2. The van der Waals surface area contributed by atoms with Gasteiger partial charge in [-0.2, -0.15) is 0 Å². The maximum absolute atomic E-state index is 4.77. The molecule has 0 spiro atoms. The number of hydrogen-bond donors (Lipinski definition) is 0. The number of rotatable bonds is 3. The van der Waals surface area contributed by atoms with E-state index in [0.717, 1.165) is 22.2 Å². The number of hydrogen-bond acceptors (Lipinski definition) is 1.